The zero-order chi connectivity index (χ0) is 41.0. The summed E-state index contributed by atoms with van der Waals surface area (Å²) in [6, 6.07) is 63.4. The summed E-state index contributed by atoms with van der Waals surface area (Å²) in [6.45, 7) is 9.55. The third-order valence-electron chi connectivity index (χ3n) is 14.0. The van der Waals surface area contributed by atoms with Crippen LogP contribution in [-0.4, -0.2) is 0 Å². The minimum Gasteiger partial charge on any atom is -0.310 e. The third-order valence-corrected chi connectivity index (χ3v) is 14.0. The highest BCUT2D eigenvalue weighted by atomic mass is 15.2. The van der Waals surface area contributed by atoms with Gasteiger partial charge in [0.2, 0.25) is 0 Å². The number of nitrogens with zero attached hydrogens (tertiary/aromatic N) is 2. The number of anilines is 6. The number of hydrogen-bond acceptors (Lipinski definition) is 2. The van der Waals surface area contributed by atoms with E-state index in [1.165, 1.54) is 112 Å². The maximum Gasteiger partial charge on any atom is 0.0534 e. The Balaban J connectivity index is 0.848. The van der Waals surface area contributed by atoms with Crippen LogP contribution in [0.5, 0.6) is 0 Å². The number of rotatable bonds is 4. The van der Waals surface area contributed by atoms with Gasteiger partial charge in [0, 0.05) is 40.0 Å². The second kappa shape index (κ2) is 13.2. The summed E-state index contributed by atoms with van der Waals surface area (Å²) < 4.78 is 0. The molecule has 61 heavy (non-hydrogen) atoms. The van der Waals surface area contributed by atoms with E-state index in [2.05, 4.69) is 232 Å². The quantitative estimate of drug-likeness (QED) is 0.164. The molecule has 0 fully saturated rings. The summed E-state index contributed by atoms with van der Waals surface area (Å²) in [4.78, 5) is 4.89. The molecule has 2 nitrogen and oxygen atoms in total. The summed E-state index contributed by atoms with van der Waals surface area (Å²) in [5.41, 5.74) is 25.5. The molecule has 0 amide bonds. The van der Waals surface area contributed by atoms with Crippen LogP contribution >= 0.6 is 0 Å². The van der Waals surface area contributed by atoms with Crippen LogP contribution < -0.4 is 9.80 Å². The van der Waals surface area contributed by atoms with Crippen molar-refractivity contribution < 1.29 is 0 Å². The molecule has 0 aromatic heterocycles. The fourth-order valence-electron chi connectivity index (χ4n) is 10.8. The number of hydrogen-bond donors (Lipinski definition) is 0. The highest BCUT2D eigenvalue weighted by molar-refractivity contribution is 5.95. The maximum absolute atomic E-state index is 2.46. The zero-order valence-corrected chi connectivity index (χ0v) is 35.1. The van der Waals surface area contributed by atoms with Crippen molar-refractivity contribution in [2.45, 2.75) is 44.9 Å². The molecule has 0 spiro atoms. The van der Waals surface area contributed by atoms with Crippen molar-refractivity contribution in [2.24, 2.45) is 0 Å². The van der Waals surface area contributed by atoms with Crippen LogP contribution in [0.15, 0.2) is 170 Å². The van der Waals surface area contributed by atoms with Crippen LogP contribution in [0.4, 0.5) is 34.1 Å². The van der Waals surface area contributed by atoms with Crippen LogP contribution in [0.1, 0.15) is 83.3 Å². The van der Waals surface area contributed by atoms with Crippen molar-refractivity contribution in [3.8, 4) is 22.3 Å². The van der Waals surface area contributed by atoms with Crippen LogP contribution in [0.25, 0.3) is 46.6 Å². The van der Waals surface area contributed by atoms with Crippen LogP contribution in [0.3, 0.4) is 0 Å². The molecule has 0 saturated heterocycles. The summed E-state index contributed by atoms with van der Waals surface area (Å²) in [5.74, 6) is 0. The van der Waals surface area contributed by atoms with E-state index in [0.29, 0.717) is 0 Å². The molecular weight excluding hydrogens is 737 g/mol. The van der Waals surface area contributed by atoms with Crippen molar-refractivity contribution in [3.63, 3.8) is 0 Å². The van der Waals surface area contributed by atoms with Gasteiger partial charge < -0.3 is 9.80 Å². The monoisotopic (exact) mass is 782 g/mol. The van der Waals surface area contributed by atoms with Crippen molar-refractivity contribution in [2.75, 3.05) is 9.80 Å². The first kappa shape index (κ1) is 35.8. The Morgan fingerprint density at radius 2 is 0.738 bits per heavy atom. The van der Waals surface area contributed by atoms with Crippen LogP contribution in [0.2, 0.25) is 0 Å². The molecule has 2 heterocycles. The van der Waals surface area contributed by atoms with Gasteiger partial charge in [0.05, 0.1) is 11.4 Å². The van der Waals surface area contributed by atoms with E-state index in [4.69, 9.17) is 0 Å². The van der Waals surface area contributed by atoms with Crippen molar-refractivity contribution in [3.05, 3.63) is 225 Å². The van der Waals surface area contributed by atoms with Gasteiger partial charge in [-0.2, -0.15) is 0 Å². The predicted octanol–water partition coefficient (Wildman–Crippen LogP) is 15.8. The molecule has 2 heteroatoms. The van der Waals surface area contributed by atoms with E-state index in [-0.39, 0.29) is 10.8 Å². The molecule has 0 radical (unpaired) electrons. The minimum absolute atomic E-state index is 0.143. The van der Waals surface area contributed by atoms with Gasteiger partial charge in [0.1, 0.15) is 0 Å². The van der Waals surface area contributed by atoms with Crippen LogP contribution in [0, 0.1) is 0 Å². The van der Waals surface area contributed by atoms with Crippen molar-refractivity contribution in [1.82, 2.24) is 0 Å². The maximum atomic E-state index is 2.46. The number of benzene rings is 8. The van der Waals surface area contributed by atoms with Gasteiger partial charge in [0.25, 0.3) is 0 Å². The highest BCUT2D eigenvalue weighted by Gasteiger charge is 2.38. The van der Waals surface area contributed by atoms with Gasteiger partial charge >= 0.3 is 0 Å². The lowest BCUT2D eigenvalue weighted by Gasteiger charge is -2.34. The van der Waals surface area contributed by atoms with Gasteiger partial charge in [-0.25, -0.2) is 0 Å². The van der Waals surface area contributed by atoms with Gasteiger partial charge in [-0.1, -0.05) is 173 Å². The average molecular weight is 783 g/mol. The van der Waals surface area contributed by atoms with Gasteiger partial charge in [-0.3, -0.25) is 0 Å². The third kappa shape index (κ3) is 5.41. The van der Waals surface area contributed by atoms with E-state index < -0.39 is 0 Å². The largest absolute Gasteiger partial charge is 0.310 e. The molecule has 2 aliphatic carbocycles. The smallest absolute Gasteiger partial charge is 0.0534 e. The summed E-state index contributed by atoms with van der Waals surface area (Å²) in [6.07, 6.45) is 10.0. The Morgan fingerprint density at radius 3 is 1.20 bits per heavy atom. The standard InChI is InChI=1S/C59H46N2/c1-58(2)50-33-38(23-29-46(50)48-31-27-44(36-52(48)58)60-54-17-9-5-13-40(54)25-26-41-14-6-10-18-55(41)60)21-22-39-24-30-47-49-32-28-45(37-53(49)59(3,4)51(47)34-39)61-56-19-11-7-15-42(56)35-43-16-8-12-20-57(43)61/h5-34,36-37H,35H2,1-4H3. The van der Waals surface area contributed by atoms with E-state index in [1.807, 2.05) is 0 Å². The Labute approximate surface area is 359 Å². The van der Waals surface area contributed by atoms with Crippen LogP contribution in [-0.2, 0) is 17.3 Å². The van der Waals surface area contributed by atoms with Crippen molar-refractivity contribution in [1.29, 1.82) is 0 Å². The second-order valence-corrected chi connectivity index (χ2v) is 18.2. The highest BCUT2D eigenvalue weighted by Crippen LogP contribution is 2.54. The summed E-state index contributed by atoms with van der Waals surface area (Å²) in [5, 5.41) is 0. The first-order chi connectivity index (χ1) is 29.7. The van der Waals surface area contributed by atoms with Gasteiger partial charge in [-0.05, 0) is 126 Å². The summed E-state index contributed by atoms with van der Waals surface area (Å²) >= 11 is 0. The SMILES string of the molecule is CC1(C)c2cc(C=Cc3ccc4c(c3)C(C)(C)c3cc(N5c6ccccc6Cc6ccccc65)ccc3-4)ccc2-c2ccc(N3c4ccccc4C=Cc4ccccc43)cc21. The fraction of sp³-hybridized carbons (Fsp3) is 0.119. The number of para-hydroxylation sites is 4. The van der Waals surface area contributed by atoms with E-state index in [9.17, 15) is 0 Å². The molecule has 0 atom stereocenters. The van der Waals surface area contributed by atoms with Gasteiger partial charge in [-0.15, -0.1) is 0 Å². The first-order valence-electron chi connectivity index (χ1n) is 21.6. The Bertz CT molecular complexity index is 3100. The molecule has 0 N–H and O–H groups in total. The Kier molecular flexibility index (Phi) is 7.72. The number of fused-ring (bicyclic) bond motifs is 10. The van der Waals surface area contributed by atoms with E-state index >= 15 is 0 Å². The lowest BCUT2D eigenvalue weighted by atomic mass is 9.81. The Hall–Kier alpha value is -7.16. The van der Waals surface area contributed by atoms with Gasteiger partial charge in [0.15, 0.2) is 0 Å². The molecule has 8 aromatic carbocycles. The predicted molar refractivity (Wildman–Crippen MR) is 258 cm³/mol. The first-order valence-corrected chi connectivity index (χ1v) is 21.6. The van der Waals surface area contributed by atoms with Crippen molar-refractivity contribution >= 4 is 58.4 Å². The zero-order valence-electron chi connectivity index (χ0n) is 35.1. The molecule has 12 rings (SSSR count). The minimum atomic E-state index is -0.158. The van der Waals surface area contributed by atoms with E-state index in [1.54, 1.807) is 0 Å². The fourth-order valence-corrected chi connectivity index (χ4v) is 10.8. The molecule has 2 aliphatic heterocycles. The Morgan fingerprint density at radius 1 is 0.377 bits per heavy atom. The lowest BCUT2D eigenvalue weighted by molar-refractivity contribution is 0.660. The molecule has 0 bridgehead atoms. The molecule has 8 aromatic rings. The molecule has 4 aliphatic rings. The molecular formula is C59H46N2. The molecule has 292 valence electrons. The summed E-state index contributed by atoms with van der Waals surface area (Å²) in [7, 11) is 0. The topological polar surface area (TPSA) is 6.48 Å². The van der Waals surface area contributed by atoms with E-state index in [0.717, 1.165) is 6.42 Å². The normalized spacial score (nSPS) is 15.5. The lowest BCUT2D eigenvalue weighted by Crippen LogP contribution is -2.20. The second-order valence-electron chi connectivity index (χ2n) is 18.2. The average Bonchev–Trinajstić information content (AvgIpc) is 3.55. The molecule has 0 unspecified atom stereocenters. The molecule has 0 saturated carbocycles.